The molecule has 0 atom stereocenters. The van der Waals surface area contributed by atoms with Crippen LogP contribution in [0.4, 0.5) is 42.5 Å². The number of hydrogen-bond donors (Lipinski definition) is 2. The van der Waals surface area contributed by atoms with E-state index >= 15 is 0 Å². The average molecular weight is 390 g/mol. The van der Waals surface area contributed by atoms with Crippen LogP contribution in [-0.2, 0) is 12.4 Å². The van der Waals surface area contributed by atoms with E-state index in [-0.39, 0.29) is 23.1 Å². The van der Waals surface area contributed by atoms with E-state index in [1.165, 1.54) is 31.2 Å². The van der Waals surface area contributed by atoms with E-state index in [9.17, 15) is 35.9 Å². The molecule has 0 unspecified atom stereocenters. The van der Waals surface area contributed by atoms with Gasteiger partial charge in [0.15, 0.2) is 5.78 Å². The maximum absolute atomic E-state index is 12.8. The normalized spacial score (nSPS) is 11.8. The van der Waals surface area contributed by atoms with E-state index in [0.29, 0.717) is 12.1 Å². The number of carbonyl (C=O) groups excluding carboxylic acids is 2. The molecular formula is C17H12F6N2O2. The van der Waals surface area contributed by atoms with Gasteiger partial charge in [-0.1, -0.05) is 12.1 Å². The van der Waals surface area contributed by atoms with Crippen LogP contribution in [0.5, 0.6) is 0 Å². The summed E-state index contributed by atoms with van der Waals surface area (Å²) in [6.07, 6.45) is -10.0. The number of alkyl halides is 6. The molecule has 0 fully saturated rings. The minimum absolute atomic E-state index is 0.0422. The smallest absolute Gasteiger partial charge is 0.308 e. The quantitative estimate of drug-likeness (QED) is 0.532. The standard InChI is InChI=1S/C17H12F6N2O2/c1-9(26)10-3-2-4-13(5-10)24-15(27)25-14-7-11(16(18,19)20)6-12(8-14)17(21,22)23/h2-8H,1H3,(H2,24,25,27). The minimum Gasteiger partial charge on any atom is -0.308 e. The van der Waals surface area contributed by atoms with Crippen LogP contribution in [0.3, 0.4) is 0 Å². The van der Waals surface area contributed by atoms with Gasteiger partial charge in [-0.2, -0.15) is 26.3 Å². The Morgan fingerprint density at radius 1 is 0.778 bits per heavy atom. The molecule has 4 nitrogen and oxygen atoms in total. The van der Waals surface area contributed by atoms with Crippen molar-refractivity contribution in [2.24, 2.45) is 0 Å². The molecule has 0 saturated heterocycles. The van der Waals surface area contributed by atoms with Gasteiger partial charge in [0.05, 0.1) is 11.1 Å². The van der Waals surface area contributed by atoms with E-state index in [1.54, 1.807) is 0 Å². The molecule has 0 spiro atoms. The van der Waals surface area contributed by atoms with Gasteiger partial charge in [0.1, 0.15) is 0 Å². The van der Waals surface area contributed by atoms with Crippen LogP contribution in [0.1, 0.15) is 28.4 Å². The summed E-state index contributed by atoms with van der Waals surface area (Å²) in [5.74, 6) is -0.285. The zero-order chi connectivity index (χ0) is 20.4. The van der Waals surface area contributed by atoms with Gasteiger partial charge in [-0.3, -0.25) is 4.79 Å². The molecule has 2 rings (SSSR count). The number of hydrogen-bond acceptors (Lipinski definition) is 2. The van der Waals surface area contributed by atoms with Crippen LogP contribution in [0.2, 0.25) is 0 Å². The van der Waals surface area contributed by atoms with Gasteiger partial charge in [0.25, 0.3) is 0 Å². The van der Waals surface area contributed by atoms with Crippen LogP contribution in [0.25, 0.3) is 0 Å². The predicted octanol–water partition coefficient (Wildman–Crippen LogP) is 5.57. The highest BCUT2D eigenvalue weighted by atomic mass is 19.4. The molecule has 2 aromatic carbocycles. The van der Waals surface area contributed by atoms with Crippen LogP contribution < -0.4 is 10.6 Å². The van der Waals surface area contributed by atoms with Crippen LogP contribution in [0, 0.1) is 0 Å². The molecule has 0 heterocycles. The van der Waals surface area contributed by atoms with Gasteiger partial charge in [0, 0.05) is 16.9 Å². The first kappa shape index (κ1) is 20.3. The van der Waals surface area contributed by atoms with E-state index < -0.39 is 35.2 Å². The molecule has 0 aliphatic rings. The summed E-state index contributed by atoms with van der Waals surface area (Å²) in [5, 5.41) is 4.17. The van der Waals surface area contributed by atoms with Crippen molar-refractivity contribution in [3.63, 3.8) is 0 Å². The summed E-state index contributed by atoms with van der Waals surface area (Å²) in [6, 6.07) is 5.32. The molecule has 0 aromatic heterocycles. The number of anilines is 2. The van der Waals surface area contributed by atoms with E-state index in [0.717, 1.165) is 0 Å². The predicted molar refractivity (Wildman–Crippen MR) is 85.5 cm³/mol. The zero-order valence-corrected chi connectivity index (χ0v) is 13.6. The SMILES string of the molecule is CC(=O)c1cccc(NC(=O)Nc2cc(C(F)(F)F)cc(C(F)(F)F)c2)c1. The van der Waals surface area contributed by atoms with Crippen molar-refractivity contribution < 1.29 is 35.9 Å². The molecule has 27 heavy (non-hydrogen) atoms. The fourth-order valence-corrected chi connectivity index (χ4v) is 2.14. The number of nitrogens with one attached hydrogen (secondary N) is 2. The fourth-order valence-electron chi connectivity index (χ4n) is 2.14. The third-order valence-corrected chi connectivity index (χ3v) is 3.37. The number of amides is 2. The first-order chi connectivity index (χ1) is 12.4. The second-order valence-electron chi connectivity index (χ2n) is 5.51. The van der Waals surface area contributed by atoms with Crippen molar-refractivity contribution in [1.29, 1.82) is 0 Å². The molecule has 0 aliphatic heterocycles. The van der Waals surface area contributed by atoms with Crippen molar-refractivity contribution in [3.05, 3.63) is 59.2 Å². The largest absolute Gasteiger partial charge is 0.416 e. The lowest BCUT2D eigenvalue weighted by Gasteiger charge is -2.15. The molecule has 2 amide bonds. The second kappa shape index (κ2) is 7.29. The fraction of sp³-hybridized carbons (Fsp3) is 0.176. The molecular weight excluding hydrogens is 378 g/mol. The summed E-state index contributed by atoms with van der Waals surface area (Å²) < 4.78 is 76.9. The lowest BCUT2D eigenvalue weighted by Crippen LogP contribution is -2.21. The van der Waals surface area contributed by atoms with Crippen molar-refractivity contribution >= 4 is 23.2 Å². The van der Waals surface area contributed by atoms with Crippen molar-refractivity contribution in [2.75, 3.05) is 10.6 Å². The highest BCUT2D eigenvalue weighted by Crippen LogP contribution is 2.37. The van der Waals surface area contributed by atoms with Crippen molar-refractivity contribution in [2.45, 2.75) is 19.3 Å². The summed E-state index contributed by atoms with van der Waals surface area (Å²) in [7, 11) is 0. The Balaban J connectivity index is 2.26. The Morgan fingerprint density at radius 3 is 1.78 bits per heavy atom. The molecule has 2 aromatic rings. The van der Waals surface area contributed by atoms with E-state index in [1.807, 2.05) is 5.32 Å². The molecule has 0 radical (unpaired) electrons. The Labute approximate surface area is 149 Å². The lowest BCUT2D eigenvalue weighted by molar-refractivity contribution is -0.143. The third kappa shape index (κ3) is 5.47. The number of carbonyl (C=O) groups is 2. The maximum Gasteiger partial charge on any atom is 0.416 e. The molecule has 0 bridgehead atoms. The van der Waals surface area contributed by atoms with Gasteiger partial charge in [-0.05, 0) is 37.3 Å². The minimum atomic E-state index is -5.02. The zero-order valence-electron chi connectivity index (χ0n) is 13.6. The number of Topliss-reactive ketones (excluding diaryl/α,β-unsaturated/α-hetero) is 1. The Bertz CT molecular complexity index is 842. The highest BCUT2D eigenvalue weighted by Gasteiger charge is 2.37. The average Bonchev–Trinajstić information content (AvgIpc) is 2.53. The van der Waals surface area contributed by atoms with Crippen LogP contribution in [-0.4, -0.2) is 11.8 Å². The first-order valence-electron chi connectivity index (χ1n) is 7.35. The number of ketones is 1. The van der Waals surface area contributed by atoms with Crippen LogP contribution in [0.15, 0.2) is 42.5 Å². The highest BCUT2D eigenvalue weighted by molar-refractivity contribution is 6.01. The number of urea groups is 1. The van der Waals surface area contributed by atoms with E-state index in [2.05, 4.69) is 5.32 Å². The summed E-state index contributed by atoms with van der Waals surface area (Å²) in [6.45, 7) is 1.29. The molecule has 0 aliphatic carbocycles. The number of benzene rings is 2. The Kier molecular flexibility index (Phi) is 5.48. The van der Waals surface area contributed by atoms with Gasteiger partial charge in [0.2, 0.25) is 0 Å². The summed E-state index contributed by atoms with van der Waals surface area (Å²) >= 11 is 0. The summed E-state index contributed by atoms with van der Waals surface area (Å²) in [5.41, 5.74) is -3.37. The Morgan fingerprint density at radius 2 is 1.30 bits per heavy atom. The van der Waals surface area contributed by atoms with Crippen molar-refractivity contribution in [1.82, 2.24) is 0 Å². The van der Waals surface area contributed by atoms with Crippen LogP contribution >= 0.6 is 0 Å². The van der Waals surface area contributed by atoms with Gasteiger partial charge in [-0.25, -0.2) is 4.79 Å². The molecule has 10 heteroatoms. The van der Waals surface area contributed by atoms with Gasteiger partial charge >= 0.3 is 18.4 Å². The topological polar surface area (TPSA) is 58.2 Å². The molecule has 0 saturated carbocycles. The third-order valence-electron chi connectivity index (χ3n) is 3.37. The lowest BCUT2D eigenvalue weighted by atomic mass is 10.1. The molecule has 2 N–H and O–H groups in total. The molecule has 144 valence electrons. The number of halogens is 6. The first-order valence-corrected chi connectivity index (χ1v) is 7.35. The monoisotopic (exact) mass is 390 g/mol. The summed E-state index contributed by atoms with van der Waals surface area (Å²) in [4.78, 5) is 23.2. The maximum atomic E-state index is 12.8. The number of rotatable bonds is 3. The van der Waals surface area contributed by atoms with Gasteiger partial charge < -0.3 is 10.6 Å². The van der Waals surface area contributed by atoms with Crippen molar-refractivity contribution in [3.8, 4) is 0 Å². The van der Waals surface area contributed by atoms with E-state index in [4.69, 9.17) is 0 Å². The Hall–Kier alpha value is -3.04. The van der Waals surface area contributed by atoms with Gasteiger partial charge in [-0.15, -0.1) is 0 Å². The second-order valence-corrected chi connectivity index (χ2v) is 5.51.